The number of rotatable bonds is 5. The van der Waals surface area contributed by atoms with Crippen LogP contribution in [0.15, 0.2) is 58.1 Å². The first-order chi connectivity index (χ1) is 14.9. The third kappa shape index (κ3) is 3.77. The lowest BCUT2D eigenvalue weighted by atomic mass is 9.87. The number of nitrogens with zero attached hydrogens (tertiary/aromatic N) is 3. The molecule has 0 unspecified atom stereocenters. The first-order valence-corrected chi connectivity index (χ1v) is 10.2. The van der Waals surface area contributed by atoms with Gasteiger partial charge < -0.3 is 9.47 Å². The minimum absolute atomic E-state index is 0.0380. The fraction of sp³-hybridized carbons (Fsp3) is 0.333. The Morgan fingerprint density at radius 3 is 2.29 bits per heavy atom. The third-order valence-electron chi connectivity index (χ3n) is 6.08. The summed E-state index contributed by atoms with van der Waals surface area (Å²) in [5.41, 5.74) is 3.58. The van der Waals surface area contributed by atoms with Gasteiger partial charge in [-0.25, -0.2) is 4.79 Å². The zero-order valence-corrected chi connectivity index (χ0v) is 18.3. The molecule has 0 fully saturated rings. The quantitative estimate of drug-likeness (QED) is 0.632. The van der Waals surface area contributed by atoms with Gasteiger partial charge in [-0.3, -0.25) is 18.8 Å². The average Bonchev–Trinajstić information content (AvgIpc) is 2.80. The SMILES string of the molecule is COc1cc2c(cc1OC)[C@@H](c1ccccc1)N(Cc1cc(=O)n(C)c(=O)n1C)CC2. The number of hydrogen-bond acceptors (Lipinski definition) is 5. The Morgan fingerprint density at radius 2 is 1.61 bits per heavy atom. The first kappa shape index (κ1) is 20.9. The van der Waals surface area contributed by atoms with Gasteiger partial charge in [-0.15, -0.1) is 0 Å². The van der Waals surface area contributed by atoms with Crippen LogP contribution in [0, 0.1) is 0 Å². The summed E-state index contributed by atoms with van der Waals surface area (Å²) in [6.45, 7) is 1.26. The summed E-state index contributed by atoms with van der Waals surface area (Å²) in [6, 6.07) is 15.9. The van der Waals surface area contributed by atoms with Gasteiger partial charge in [-0.1, -0.05) is 30.3 Å². The fourth-order valence-electron chi connectivity index (χ4n) is 4.33. The van der Waals surface area contributed by atoms with Crippen LogP contribution in [0.4, 0.5) is 0 Å². The van der Waals surface area contributed by atoms with Crippen molar-refractivity contribution in [2.75, 3.05) is 20.8 Å². The fourth-order valence-corrected chi connectivity index (χ4v) is 4.33. The van der Waals surface area contributed by atoms with Crippen LogP contribution in [0.1, 0.15) is 28.4 Å². The second-order valence-corrected chi connectivity index (χ2v) is 7.81. The highest BCUT2D eigenvalue weighted by molar-refractivity contribution is 5.51. The van der Waals surface area contributed by atoms with E-state index in [1.165, 1.54) is 12.6 Å². The van der Waals surface area contributed by atoms with Gasteiger partial charge in [0.05, 0.1) is 20.3 Å². The molecule has 1 aliphatic heterocycles. The molecule has 31 heavy (non-hydrogen) atoms. The summed E-state index contributed by atoms with van der Waals surface area (Å²) in [6.07, 6.45) is 0.831. The highest BCUT2D eigenvalue weighted by Crippen LogP contribution is 2.41. The van der Waals surface area contributed by atoms with E-state index in [2.05, 4.69) is 23.1 Å². The lowest BCUT2D eigenvalue weighted by Gasteiger charge is -2.38. The van der Waals surface area contributed by atoms with Crippen molar-refractivity contribution in [1.29, 1.82) is 0 Å². The van der Waals surface area contributed by atoms with Gasteiger partial charge in [0.25, 0.3) is 5.56 Å². The Balaban J connectivity index is 1.83. The maximum absolute atomic E-state index is 12.4. The van der Waals surface area contributed by atoms with Crippen molar-refractivity contribution in [3.8, 4) is 11.5 Å². The predicted molar refractivity (Wildman–Crippen MR) is 119 cm³/mol. The molecule has 0 spiro atoms. The molecular formula is C24H27N3O4. The Kier molecular flexibility index (Phi) is 5.69. The summed E-state index contributed by atoms with van der Waals surface area (Å²) in [7, 11) is 6.49. The number of hydrogen-bond donors (Lipinski definition) is 0. The van der Waals surface area contributed by atoms with E-state index < -0.39 is 0 Å². The van der Waals surface area contributed by atoms with Crippen LogP contribution in [-0.2, 0) is 27.1 Å². The number of fused-ring (bicyclic) bond motifs is 1. The van der Waals surface area contributed by atoms with Crippen molar-refractivity contribution in [3.05, 3.63) is 91.8 Å². The molecule has 7 heteroatoms. The maximum atomic E-state index is 12.4. The van der Waals surface area contributed by atoms with Crippen molar-refractivity contribution >= 4 is 0 Å². The van der Waals surface area contributed by atoms with E-state index in [0.29, 0.717) is 18.0 Å². The molecule has 0 radical (unpaired) electrons. The minimum atomic E-state index is -0.317. The molecule has 0 amide bonds. The van der Waals surface area contributed by atoms with Crippen LogP contribution < -0.4 is 20.7 Å². The lowest BCUT2D eigenvalue weighted by molar-refractivity contribution is 0.198. The molecule has 2 aromatic carbocycles. The Bertz CT molecular complexity index is 1210. The summed E-state index contributed by atoms with van der Waals surface area (Å²) >= 11 is 0. The van der Waals surface area contributed by atoms with Crippen LogP contribution in [0.5, 0.6) is 11.5 Å². The van der Waals surface area contributed by atoms with Crippen molar-refractivity contribution in [2.45, 2.75) is 19.0 Å². The number of ether oxygens (including phenoxy) is 2. The molecule has 0 saturated carbocycles. The van der Waals surface area contributed by atoms with Crippen LogP contribution >= 0.6 is 0 Å². The molecular weight excluding hydrogens is 394 g/mol. The van der Waals surface area contributed by atoms with E-state index in [9.17, 15) is 9.59 Å². The second kappa shape index (κ2) is 8.43. The monoisotopic (exact) mass is 421 g/mol. The highest BCUT2D eigenvalue weighted by Gasteiger charge is 2.31. The molecule has 2 heterocycles. The van der Waals surface area contributed by atoms with Crippen molar-refractivity contribution in [1.82, 2.24) is 14.0 Å². The van der Waals surface area contributed by atoms with E-state index in [1.807, 2.05) is 24.3 Å². The number of methoxy groups -OCH3 is 2. The second-order valence-electron chi connectivity index (χ2n) is 7.81. The number of aromatic nitrogens is 2. The molecule has 1 aliphatic rings. The molecule has 162 valence electrons. The smallest absolute Gasteiger partial charge is 0.330 e. The van der Waals surface area contributed by atoms with Crippen LogP contribution in [0.2, 0.25) is 0 Å². The summed E-state index contributed by atoms with van der Waals surface area (Å²) in [5, 5.41) is 0. The highest BCUT2D eigenvalue weighted by atomic mass is 16.5. The van der Waals surface area contributed by atoms with E-state index in [4.69, 9.17) is 9.47 Å². The van der Waals surface area contributed by atoms with E-state index in [-0.39, 0.29) is 17.3 Å². The van der Waals surface area contributed by atoms with Gasteiger partial charge in [0, 0.05) is 38.9 Å². The number of benzene rings is 2. The van der Waals surface area contributed by atoms with Crippen molar-refractivity contribution in [3.63, 3.8) is 0 Å². The lowest BCUT2D eigenvalue weighted by Crippen LogP contribution is -2.41. The zero-order chi connectivity index (χ0) is 22.1. The molecule has 0 N–H and O–H groups in total. The largest absolute Gasteiger partial charge is 0.493 e. The topological polar surface area (TPSA) is 65.7 Å². The van der Waals surface area contributed by atoms with Gasteiger partial charge in [0.2, 0.25) is 0 Å². The molecule has 0 saturated heterocycles. The summed E-state index contributed by atoms with van der Waals surface area (Å²) < 4.78 is 13.8. The van der Waals surface area contributed by atoms with E-state index >= 15 is 0 Å². The molecule has 0 bridgehead atoms. The Hall–Kier alpha value is -3.32. The van der Waals surface area contributed by atoms with Gasteiger partial charge >= 0.3 is 5.69 Å². The van der Waals surface area contributed by atoms with Crippen molar-refractivity contribution < 1.29 is 9.47 Å². The molecule has 3 aromatic rings. The first-order valence-electron chi connectivity index (χ1n) is 10.2. The van der Waals surface area contributed by atoms with Gasteiger partial charge in [-0.2, -0.15) is 0 Å². The molecule has 7 nitrogen and oxygen atoms in total. The van der Waals surface area contributed by atoms with Gasteiger partial charge in [-0.05, 0) is 35.2 Å². The van der Waals surface area contributed by atoms with Crippen LogP contribution in [0.25, 0.3) is 0 Å². The molecule has 1 atom stereocenters. The van der Waals surface area contributed by atoms with Gasteiger partial charge in [0.15, 0.2) is 11.5 Å². The van der Waals surface area contributed by atoms with Crippen LogP contribution in [-0.4, -0.2) is 34.8 Å². The average molecular weight is 421 g/mol. The maximum Gasteiger partial charge on any atom is 0.330 e. The summed E-state index contributed by atoms with van der Waals surface area (Å²) in [5.74, 6) is 1.40. The molecule has 4 rings (SSSR count). The van der Waals surface area contributed by atoms with E-state index in [1.54, 1.807) is 31.9 Å². The molecule has 1 aromatic heterocycles. The van der Waals surface area contributed by atoms with Gasteiger partial charge in [0.1, 0.15) is 0 Å². The molecule has 0 aliphatic carbocycles. The Labute approximate surface area is 181 Å². The normalized spacial score (nSPS) is 16.1. The van der Waals surface area contributed by atoms with E-state index in [0.717, 1.165) is 34.4 Å². The van der Waals surface area contributed by atoms with Crippen LogP contribution in [0.3, 0.4) is 0 Å². The van der Waals surface area contributed by atoms with Crippen molar-refractivity contribution in [2.24, 2.45) is 14.1 Å². The summed E-state index contributed by atoms with van der Waals surface area (Å²) in [4.78, 5) is 27.0. The Morgan fingerprint density at radius 1 is 0.935 bits per heavy atom. The standard InChI is InChI=1S/C24H27N3O4/c1-25-18(13-22(28)26(2)24(25)29)15-27-11-10-17-12-20(30-3)21(31-4)14-19(17)23(27)16-8-6-5-7-9-16/h5-9,12-14,23H,10-11,15H2,1-4H3/t23-/m1/s1. The zero-order valence-electron chi connectivity index (χ0n) is 18.3. The third-order valence-corrected chi connectivity index (χ3v) is 6.08. The predicted octanol–water partition coefficient (Wildman–Crippen LogP) is 2.25. The minimum Gasteiger partial charge on any atom is -0.493 e.